The molecule has 0 spiro atoms. The fourth-order valence-electron chi connectivity index (χ4n) is 3.23. The van der Waals surface area contributed by atoms with E-state index in [9.17, 15) is 4.89 Å². The number of terminal acetylenes is 1. The van der Waals surface area contributed by atoms with Crippen LogP contribution in [0.3, 0.4) is 0 Å². The summed E-state index contributed by atoms with van der Waals surface area (Å²) >= 11 is 5.52. The van der Waals surface area contributed by atoms with Crippen molar-refractivity contribution in [3.8, 4) is 12.3 Å². The van der Waals surface area contributed by atoms with E-state index in [4.69, 9.17) is 42.7 Å². The summed E-state index contributed by atoms with van der Waals surface area (Å²) in [5, 5.41) is -0.657. The lowest BCUT2D eigenvalue weighted by Gasteiger charge is -2.35. The molecule has 5 atom stereocenters. The van der Waals surface area contributed by atoms with Crippen molar-refractivity contribution in [2.24, 2.45) is 0 Å². The van der Waals surface area contributed by atoms with Crippen molar-refractivity contribution in [3.63, 3.8) is 0 Å². The second-order valence-electron chi connectivity index (χ2n) is 9.81. The molecule has 2 aromatic rings. The second-order valence-corrected chi connectivity index (χ2v) is 13.9. The molecule has 33 heavy (non-hydrogen) atoms. The molecule has 0 aliphatic carbocycles. The van der Waals surface area contributed by atoms with Crippen LogP contribution in [0.4, 0.5) is 5.82 Å². The number of hydrogen-bond acceptors (Lipinski definition) is 9. The first kappa shape index (κ1) is 26.0. The van der Waals surface area contributed by atoms with Gasteiger partial charge in [0.1, 0.15) is 36.8 Å². The zero-order chi connectivity index (χ0) is 24.6. The second kappa shape index (κ2) is 9.55. The van der Waals surface area contributed by atoms with Gasteiger partial charge in [0.2, 0.25) is 0 Å². The molecule has 1 fully saturated rings. The maximum absolute atomic E-state index is 11.1. The molecule has 182 valence electrons. The summed E-state index contributed by atoms with van der Waals surface area (Å²) in [5.74, 6) is 2.72. The van der Waals surface area contributed by atoms with Crippen LogP contribution in [0.25, 0.3) is 11.2 Å². The number of anilines is 1. The molecule has 3 rings (SSSR count). The number of hydrogen-bond donors (Lipinski definition) is 2. The highest BCUT2D eigenvalue weighted by atomic mass is 32.5. The lowest BCUT2D eigenvalue weighted by atomic mass is 10.1. The van der Waals surface area contributed by atoms with Gasteiger partial charge in [-0.05, 0) is 32.6 Å². The van der Waals surface area contributed by atoms with Crippen LogP contribution >= 0.6 is 6.49 Å². The first-order valence-corrected chi connectivity index (χ1v) is 13.2. The van der Waals surface area contributed by atoms with Crippen LogP contribution in [0.5, 0.6) is 0 Å². The number of fused-ring (bicyclic) bond motifs is 1. The lowest BCUT2D eigenvalue weighted by molar-refractivity contribution is -0.0986. The highest BCUT2D eigenvalue weighted by Gasteiger charge is 2.51. The Hall–Kier alpha value is -1.64. The van der Waals surface area contributed by atoms with E-state index >= 15 is 0 Å². The van der Waals surface area contributed by atoms with E-state index in [0.29, 0.717) is 11.2 Å². The molecule has 1 saturated heterocycles. The molecular weight excluding hydrogens is 465 g/mol. The quantitative estimate of drug-likeness (QED) is 0.435. The average molecular weight is 498 g/mol. The zero-order valence-electron chi connectivity index (χ0n) is 19.8. The van der Waals surface area contributed by atoms with Crippen LogP contribution in [-0.4, -0.2) is 66.7 Å². The summed E-state index contributed by atoms with van der Waals surface area (Å²) < 4.78 is 26.3. The fraction of sp³-hybridized carbons (Fsp3) is 0.667. The van der Waals surface area contributed by atoms with Gasteiger partial charge in [-0.1, -0.05) is 26.7 Å². The Morgan fingerprint density at radius 3 is 2.55 bits per heavy atom. The Balaban J connectivity index is 2.04. The van der Waals surface area contributed by atoms with Gasteiger partial charge in [0.15, 0.2) is 24.2 Å². The van der Waals surface area contributed by atoms with Gasteiger partial charge in [-0.3, -0.25) is 4.57 Å². The molecule has 3 N–H and O–H groups in total. The van der Waals surface area contributed by atoms with E-state index in [1.807, 2.05) is 41.5 Å². The van der Waals surface area contributed by atoms with Gasteiger partial charge in [0.05, 0.1) is 18.5 Å². The molecular formula is C21H32N5O5PS. The Kier molecular flexibility index (Phi) is 7.51. The van der Waals surface area contributed by atoms with Gasteiger partial charge in [-0.25, -0.2) is 15.0 Å². The molecule has 3 heterocycles. The summed E-state index contributed by atoms with van der Waals surface area (Å²) in [4.78, 5) is 23.7. The van der Waals surface area contributed by atoms with Crippen molar-refractivity contribution in [2.75, 3.05) is 18.9 Å². The maximum atomic E-state index is 11.1. The molecule has 0 amide bonds. The third-order valence-corrected chi connectivity index (χ3v) is 9.22. The molecule has 1 aliphatic heterocycles. The lowest BCUT2D eigenvalue weighted by Crippen LogP contribution is -2.40. The van der Waals surface area contributed by atoms with Gasteiger partial charge in [0.25, 0.3) is 0 Å². The Morgan fingerprint density at radius 2 is 1.94 bits per heavy atom. The predicted molar refractivity (Wildman–Crippen MR) is 129 cm³/mol. The fourth-order valence-corrected chi connectivity index (χ4v) is 4.43. The number of ether oxygens (including phenoxy) is 3. The van der Waals surface area contributed by atoms with Crippen LogP contribution < -0.4 is 5.73 Å². The normalized spacial score (nSPS) is 25.8. The molecule has 0 aromatic carbocycles. The smallest absolute Gasteiger partial charge is 0.191 e. The van der Waals surface area contributed by atoms with Crippen LogP contribution in [0.1, 0.15) is 47.8 Å². The number of aromatic nitrogens is 4. The summed E-state index contributed by atoms with van der Waals surface area (Å²) in [6.45, 7) is 8.26. The monoisotopic (exact) mass is 497 g/mol. The van der Waals surface area contributed by atoms with Crippen molar-refractivity contribution in [1.82, 2.24) is 19.5 Å². The van der Waals surface area contributed by atoms with Gasteiger partial charge < -0.3 is 29.4 Å². The average Bonchev–Trinajstić information content (AvgIpc) is 3.25. The molecule has 2 aromatic heterocycles. The molecule has 10 nitrogen and oxygen atoms in total. The first-order valence-electron chi connectivity index (χ1n) is 10.5. The highest BCUT2D eigenvalue weighted by Crippen LogP contribution is 2.58. The van der Waals surface area contributed by atoms with Crippen LogP contribution in [0.15, 0.2) is 12.7 Å². The van der Waals surface area contributed by atoms with Crippen LogP contribution in [0.2, 0.25) is 0 Å². The van der Waals surface area contributed by atoms with E-state index in [1.165, 1.54) is 6.33 Å². The first-order chi connectivity index (χ1) is 15.2. The number of rotatable bonds is 7. The number of imidazole rings is 1. The van der Waals surface area contributed by atoms with E-state index in [1.54, 1.807) is 10.9 Å². The van der Waals surface area contributed by atoms with Crippen molar-refractivity contribution in [2.45, 2.75) is 76.8 Å². The molecule has 1 aliphatic rings. The minimum absolute atomic E-state index is 0.00477. The molecule has 0 saturated carbocycles. The number of nitrogens with two attached hydrogens (primary N) is 1. The highest BCUT2D eigenvalue weighted by molar-refractivity contribution is 8.10. The van der Waals surface area contributed by atoms with Gasteiger partial charge >= 0.3 is 0 Å². The summed E-state index contributed by atoms with van der Waals surface area (Å²) in [6.07, 6.45) is 5.56. The van der Waals surface area contributed by atoms with Gasteiger partial charge in [-0.2, -0.15) is 0 Å². The standard InChI is InChI=1S/C21H32N5O5PS/c1-8-9-28-16-15(31-32(27,33)21(5,6)7)13(10-29-20(2,3)4)30-19(16)26-12-25-14-17(22)23-11-24-18(14)26/h1,11-13,15-16,19H,9-10H2,2-7H3,(H,27,33)(H2,22,23,24)/t13-,15+,16?,19-,32?/m1/s1. The Morgan fingerprint density at radius 1 is 1.24 bits per heavy atom. The Labute approximate surface area is 199 Å². The van der Waals surface area contributed by atoms with Gasteiger partial charge in [-0.15, -0.1) is 6.42 Å². The molecule has 12 heteroatoms. The van der Waals surface area contributed by atoms with Gasteiger partial charge in [0, 0.05) is 5.16 Å². The summed E-state index contributed by atoms with van der Waals surface area (Å²) in [5.41, 5.74) is 6.43. The molecule has 2 unspecified atom stereocenters. The zero-order valence-corrected chi connectivity index (χ0v) is 21.5. The number of nitrogen functional groups attached to an aromatic ring is 1. The van der Waals surface area contributed by atoms with Crippen molar-refractivity contribution in [3.05, 3.63) is 12.7 Å². The third kappa shape index (κ3) is 5.72. The van der Waals surface area contributed by atoms with E-state index < -0.39 is 41.8 Å². The van der Waals surface area contributed by atoms with E-state index in [0.717, 1.165) is 0 Å². The van der Waals surface area contributed by atoms with E-state index in [2.05, 4.69) is 20.9 Å². The summed E-state index contributed by atoms with van der Waals surface area (Å²) in [6, 6.07) is 0. The SMILES string of the molecule is C#CCOC1[C@@H](OP(O)(=S)C(C)(C)C)[C@@H](COC(C)(C)C)O[C@H]1n1cnc2c(N)ncnc21. The third-order valence-electron chi connectivity index (χ3n) is 5.10. The largest absolute Gasteiger partial charge is 0.382 e. The minimum atomic E-state index is -3.26. The maximum Gasteiger partial charge on any atom is 0.191 e. The molecule has 0 radical (unpaired) electrons. The van der Waals surface area contributed by atoms with Crippen LogP contribution in [0, 0.1) is 12.3 Å². The number of nitrogens with zero attached hydrogens (tertiary/aromatic N) is 4. The topological polar surface area (TPSA) is 127 Å². The van der Waals surface area contributed by atoms with Crippen molar-refractivity contribution < 1.29 is 23.6 Å². The minimum Gasteiger partial charge on any atom is -0.382 e. The molecule has 0 bridgehead atoms. The Bertz CT molecular complexity index is 1070. The predicted octanol–water partition coefficient (Wildman–Crippen LogP) is 2.62. The van der Waals surface area contributed by atoms with Crippen LogP contribution in [-0.2, 0) is 30.5 Å². The van der Waals surface area contributed by atoms with Crippen molar-refractivity contribution >= 4 is 35.3 Å². The van der Waals surface area contributed by atoms with E-state index in [-0.39, 0.29) is 19.0 Å². The van der Waals surface area contributed by atoms with Crippen molar-refractivity contribution in [1.29, 1.82) is 0 Å². The summed E-state index contributed by atoms with van der Waals surface area (Å²) in [7, 11) is 0.